The van der Waals surface area contributed by atoms with E-state index in [4.69, 9.17) is 9.84 Å². The van der Waals surface area contributed by atoms with Crippen LogP contribution >= 0.6 is 0 Å². The number of ketones is 1. The van der Waals surface area contributed by atoms with Crippen molar-refractivity contribution in [3.8, 4) is 5.75 Å². The molecule has 0 unspecified atom stereocenters. The van der Waals surface area contributed by atoms with Gasteiger partial charge in [0.05, 0.1) is 6.61 Å². The molecular weight excluding hydrogens is 254 g/mol. The maximum Gasteiger partial charge on any atom is 0.202 e. The quantitative estimate of drug-likeness (QED) is 0.851. The Balaban J connectivity index is 2.06. The molecule has 1 N–H and O–H groups in total. The molecule has 0 aliphatic rings. The van der Waals surface area contributed by atoms with E-state index < -0.39 is 0 Å². The maximum atomic E-state index is 12.2. The van der Waals surface area contributed by atoms with Gasteiger partial charge in [0.1, 0.15) is 5.75 Å². The molecule has 4 heteroatoms. The third-order valence-electron chi connectivity index (χ3n) is 3.53. The Labute approximate surface area is 118 Å². The Morgan fingerprint density at radius 1 is 1.30 bits per heavy atom. The number of aliphatic hydroxyl groups excluding tert-OH is 1. The second-order valence-electron chi connectivity index (χ2n) is 4.86. The number of hydrogen-bond donors (Lipinski definition) is 1. The van der Waals surface area contributed by atoms with Crippen molar-refractivity contribution in [3.63, 3.8) is 0 Å². The van der Waals surface area contributed by atoms with Gasteiger partial charge >= 0.3 is 0 Å². The van der Waals surface area contributed by atoms with E-state index in [0.29, 0.717) is 11.3 Å². The molecule has 106 valence electrons. The molecule has 0 atom stereocenters. The van der Waals surface area contributed by atoms with Crippen LogP contribution in [0.3, 0.4) is 0 Å². The van der Waals surface area contributed by atoms with Gasteiger partial charge in [0.2, 0.25) is 5.78 Å². The lowest BCUT2D eigenvalue weighted by molar-refractivity contribution is 0.0920. The van der Waals surface area contributed by atoms with E-state index in [1.54, 1.807) is 24.3 Å². The number of aryl methyl sites for hydroxylation is 1. The minimum Gasteiger partial charge on any atom is -0.485 e. The topological polar surface area (TPSA) is 51.5 Å². The van der Waals surface area contributed by atoms with Gasteiger partial charge in [0.15, 0.2) is 6.61 Å². The fraction of sp³-hybridized carbons (Fsp3) is 0.312. The van der Waals surface area contributed by atoms with Gasteiger partial charge in [0, 0.05) is 24.0 Å². The number of Topliss-reactive ketones (excluding diaryl/α,β-unsaturated/α-hetero) is 1. The van der Waals surface area contributed by atoms with Crippen molar-refractivity contribution in [2.75, 3.05) is 6.61 Å². The van der Waals surface area contributed by atoms with Crippen LogP contribution in [-0.2, 0) is 13.7 Å². The maximum absolute atomic E-state index is 12.2. The number of ether oxygens (including phenoxy) is 1. The molecule has 0 radical (unpaired) electrons. The Hall–Kier alpha value is -2.07. The van der Waals surface area contributed by atoms with E-state index in [2.05, 4.69) is 0 Å². The molecule has 0 aliphatic heterocycles. The van der Waals surface area contributed by atoms with Crippen LogP contribution in [0.15, 0.2) is 30.3 Å². The lowest BCUT2D eigenvalue weighted by atomic mass is 10.1. The summed E-state index contributed by atoms with van der Waals surface area (Å²) in [6, 6.07) is 8.99. The van der Waals surface area contributed by atoms with Gasteiger partial charge in [-0.1, -0.05) is 12.1 Å². The normalized spacial score (nSPS) is 10.6. The predicted octanol–water partition coefficient (Wildman–Crippen LogP) is 2.40. The molecule has 0 spiro atoms. The number of nitrogens with zero attached hydrogens (tertiary/aromatic N) is 1. The van der Waals surface area contributed by atoms with Gasteiger partial charge in [-0.15, -0.1) is 0 Å². The molecule has 0 aliphatic carbocycles. The molecule has 2 aromatic rings. The van der Waals surface area contributed by atoms with Crippen molar-refractivity contribution in [1.82, 2.24) is 4.57 Å². The summed E-state index contributed by atoms with van der Waals surface area (Å²) < 4.78 is 7.48. The predicted molar refractivity (Wildman–Crippen MR) is 77.1 cm³/mol. The van der Waals surface area contributed by atoms with Crippen LogP contribution in [0.5, 0.6) is 5.75 Å². The molecule has 4 nitrogen and oxygen atoms in total. The summed E-state index contributed by atoms with van der Waals surface area (Å²) in [6.45, 7) is 3.85. The first kappa shape index (κ1) is 14.3. The smallest absolute Gasteiger partial charge is 0.202 e. The number of rotatable bonds is 5. The second-order valence-corrected chi connectivity index (χ2v) is 4.86. The number of carbonyl (C=O) groups is 1. The minimum atomic E-state index is -0.0411. The summed E-state index contributed by atoms with van der Waals surface area (Å²) in [5.74, 6) is 0.552. The number of benzene rings is 1. The van der Waals surface area contributed by atoms with Crippen LogP contribution in [0, 0.1) is 13.8 Å². The van der Waals surface area contributed by atoms with E-state index in [9.17, 15) is 4.79 Å². The second kappa shape index (κ2) is 5.92. The van der Waals surface area contributed by atoms with Gasteiger partial charge in [-0.2, -0.15) is 0 Å². The van der Waals surface area contributed by atoms with Gasteiger partial charge in [-0.3, -0.25) is 4.79 Å². The molecular formula is C16H19NO3. The molecule has 0 amide bonds. The highest BCUT2D eigenvalue weighted by Gasteiger charge is 2.14. The van der Waals surface area contributed by atoms with Crippen molar-refractivity contribution in [2.45, 2.75) is 20.5 Å². The van der Waals surface area contributed by atoms with Gasteiger partial charge in [-0.25, -0.2) is 0 Å². The van der Waals surface area contributed by atoms with Gasteiger partial charge < -0.3 is 14.4 Å². The van der Waals surface area contributed by atoms with Crippen molar-refractivity contribution in [2.24, 2.45) is 7.05 Å². The van der Waals surface area contributed by atoms with E-state index in [-0.39, 0.29) is 19.0 Å². The zero-order valence-corrected chi connectivity index (χ0v) is 12.0. The van der Waals surface area contributed by atoms with Crippen LogP contribution in [0.4, 0.5) is 0 Å². The van der Waals surface area contributed by atoms with Crippen LogP contribution in [-0.4, -0.2) is 22.1 Å². The molecule has 20 heavy (non-hydrogen) atoms. The van der Waals surface area contributed by atoms with E-state index >= 15 is 0 Å². The van der Waals surface area contributed by atoms with E-state index in [1.807, 2.05) is 31.5 Å². The van der Waals surface area contributed by atoms with E-state index in [0.717, 1.165) is 17.0 Å². The number of carbonyl (C=O) groups excluding carboxylic acids is 1. The van der Waals surface area contributed by atoms with E-state index in [1.165, 1.54) is 0 Å². The Morgan fingerprint density at radius 3 is 2.65 bits per heavy atom. The Bertz CT molecular complexity index is 629. The molecule has 2 rings (SSSR count). The summed E-state index contributed by atoms with van der Waals surface area (Å²) in [5.41, 5.74) is 3.46. The lowest BCUT2D eigenvalue weighted by Gasteiger charge is -2.07. The fourth-order valence-corrected chi connectivity index (χ4v) is 2.10. The zero-order valence-electron chi connectivity index (χ0n) is 12.0. The van der Waals surface area contributed by atoms with Crippen LogP contribution in [0.1, 0.15) is 27.3 Å². The van der Waals surface area contributed by atoms with Crippen molar-refractivity contribution in [1.29, 1.82) is 0 Å². The van der Waals surface area contributed by atoms with Gasteiger partial charge in [-0.05, 0) is 37.6 Å². The summed E-state index contributed by atoms with van der Waals surface area (Å²) >= 11 is 0. The Morgan fingerprint density at radius 2 is 2.05 bits per heavy atom. The Kier molecular flexibility index (Phi) is 4.25. The number of aromatic nitrogens is 1. The zero-order chi connectivity index (χ0) is 14.7. The van der Waals surface area contributed by atoms with Crippen LogP contribution in [0.25, 0.3) is 0 Å². The molecule has 1 aromatic heterocycles. The average Bonchev–Trinajstić information content (AvgIpc) is 2.72. The highest BCUT2D eigenvalue weighted by molar-refractivity contribution is 5.98. The third kappa shape index (κ3) is 2.91. The molecule has 0 saturated carbocycles. The molecule has 1 heterocycles. The van der Waals surface area contributed by atoms with Gasteiger partial charge in [0.25, 0.3) is 0 Å². The lowest BCUT2D eigenvalue weighted by Crippen LogP contribution is -2.12. The number of aliphatic hydroxyl groups is 1. The minimum absolute atomic E-state index is 0.000818. The first-order valence-electron chi connectivity index (χ1n) is 6.51. The van der Waals surface area contributed by atoms with Crippen LogP contribution < -0.4 is 4.74 Å². The van der Waals surface area contributed by atoms with Crippen molar-refractivity contribution in [3.05, 3.63) is 52.8 Å². The average molecular weight is 273 g/mol. The molecule has 0 bridgehead atoms. The SMILES string of the molecule is Cc1cc(C(=O)COc2cccc(CO)c2)c(C)n1C. The first-order chi connectivity index (χ1) is 9.52. The molecule has 0 saturated heterocycles. The van der Waals surface area contributed by atoms with Crippen molar-refractivity contribution >= 4 is 5.78 Å². The molecule has 0 fully saturated rings. The summed E-state index contributed by atoms with van der Waals surface area (Å²) in [4.78, 5) is 12.2. The largest absolute Gasteiger partial charge is 0.485 e. The summed E-state index contributed by atoms with van der Waals surface area (Å²) in [5, 5.41) is 9.06. The first-order valence-corrected chi connectivity index (χ1v) is 6.51. The summed E-state index contributed by atoms with van der Waals surface area (Å²) in [7, 11) is 1.94. The number of hydrogen-bond acceptors (Lipinski definition) is 3. The summed E-state index contributed by atoms with van der Waals surface area (Å²) in [6.07, 6.45) is 0. The molecule has 1 aromatic carbocycles. The monoisotopic (exact) mass is 273 g/mol. The standard InChI is InChI=1S/C16H19NO3/c1-11-7-15(12(2)17(11)3)16(19)10-20-14-6-4-5-13(8-14)9-18/h4-8,18H,9-10H2,1-3H3. The third-order valence-corrected chi connectivity index (χ3v) is 3.53. The highest BCUT2D eigenvalue weighted by Crippen LogP contribution is 2.16. The highest BCUT2D eigenvalue weighted by atomic mass is 16.5. The fourth-order valence-electron chi connectivity index (χ4n) is 2.10. The van der Waals surface area contributed by atoms with Crippen LogP contribution in [0.2, 0.25) is 0 Å². The van der Waals surface area contributed by atoms with Crippen molar-refractivity contribution < 1.29 is 14.6 Å².